The Labute approximate surface area is 197 Å². The summed E-state index contributed by atoms with van der Waals surface area (Å²) in [5.41, 5.74) is -1.83. The summed E-state index contributed by atoms with van der Waals surface area (Å²) in [6.07, 6.45) is -0.738. The minimum atomic E-state index is -4.60. The van der Waals surface area contributed by atoms with Gasteiger partial charge < -0.3 is 19.3 Å². The first-order chi connectivity index (χ1) is 16.2. The van der Waals surface area contributed by atoms with Crippen LogP contribution >= 0.6 is 0 Å². The molecule has 10 heteroatoms. The lowest BCUT2D eigenvalue weighted by atomic mass is 9.88. The maximum absolute atomic E-state index is 13.8. The lowest BCUT2D eigenvalue weighted by Gasteiger charge is -2.34. The third kappa shape index (κ3) is 4.49. The van der Waals surface area contributed by atoms with Gasteiger partial charge in [0.25, 0.3) is 5.91 Å². The van der Waals surface area contributed by atoms with E-state index in [2.05, 4.69) is 4.90 Å². The second-order valence-corrected chi connectivity index (χ2v) is 9.29. The maximum Gasteiger partial charge on any atom is 0.419 e. The van der Waals surface area contributed by atoms with E-state index in [9.17, 15) is 22.8 Å². The van der Waals surface area contributed by atoms with E-state index in [0.717, 1.165) is 69.7 Å². The van der Waals surface area contributed by atoms with Gasteiger partial charge >= 0.3 is 12.2 Å². The van der Waals surface area contributed by atoms with Crippen LogP contribution in [0.5, 0.6) is 5.75 Å². The molecule has 1 spiro atoms. The normalized spacial score (nSPS) is 25.3. The Morgan fingerprint density at radius 3 is 2.53 bits per heavy atom. The number of imide groups is 1. The van der Waals surface area contributed by atoms with Gasteiger partial charge in [0.05, 0.1) is 18.4 Å². The van der Waals surface area contributed by atoms with E-state index < -0.39 is 29.1 Å². The molecule has 7 nitrogen and oxygen atoms in total. The van der Waals surface area contributed by atoms with Crippen LogP contribution in [0.1, 0.15) is 44.6 Å². The summed E-state index contributed by atoms with van der Waals surface area (Å²) in [4.78, 5) is 32.1. The first kappa shape index (κ1) is 24.8. The Hall–Kier alpha value is -2.33. The smallest absolute Gasteiger partial charge is 0.419 e. The van der Waals surface area contributed by atoms with E-state index in [1.54, 1.807) is 4.90 Å². The molecular formula is C24H32F3N3O4. The summed E-state index contributed by atoms with van der Waals surface area (Å²) in [7, 11) is 1.14. The Bertz CT molecular complexity index is 919. The number of rotatable bonds is 5. The highest BCUT2D eigenvalue weighted by Gasteiger charge is 2.57. The molecule has 188 valence electrons. The summed E-state index contributed by atoms with van der Waals surface area (Å²) in [5, 5.41) is 0. The van der Waals surface area contributed by atoms with Gasteiger partial charge in [-0.05, 0) is 63.6 Å². The molecule has 3 aliphatic heterocycles. The summed E-state index contributed by atoms with van der Waals surface area (Å²) in [6.45, 7) is 6.24. The standard InChI is InChI=1S/C24H32F3N3O4/c1-3-29-22(32)30(18-5-6-19(24(25,26)27)20(15-18)33-2)21(31)23(29)9-4-11-28(12-10-23)16-17-7-13-34-14-8-17/h5-6,15,17H,3-4,7-14,16H2,1-2H3/t23-/m0/s1. The number of benzene rings is 1. The van der Waals surface area contributed by atoms with Crippen molar-refractivity contribution in [2.24, 2.45) is 5.92 Å². The van der Waals surface area contributed by atoms with E-state index >= 15 is 0 Å². The number of alkyl halides is 3. The number of carbonyl (C=O) groups excluding carboxylic acids is 2. The molecule has 4 rings (SSSR count). The summed E-state index contributed by atoms with van der Waals surface area (Å²) < 4.78 is 50.3. The fourth-order valence-corrected chi connectivity index (χ4v) is 5.57. The largest absolute Gasteiger partial charge is 0.496 e. The molecule has 1 aromatic carbocycles. The number of hydrogen-bond donors (Lipinski definition) is 0. The molecule has 3 aliphatic rings. The number of halogens is 3. The number of hydrogen-bond acceptors (Lipinski definition) is 5. The van der Waals surface area contributed by atoms with Crippen molar-refractivity contribution in [1.29, 1.82) is 0 Å². The van der Waals surface area contributed by atoms with Crippen molar-refractivity contribution in [2.45, 2.75) is 50.7 Å². The molecular weight excluding hydrogens is 451 g/mol. The topological polar surface area (TPSA) is 62.3 Å². The van der Waals surface area contributed by atoms with Crippen LogP contribution in [-0.4, -0.2) is 73.8 Å². The van der Waals surface area contributed by atoms with Gasteiger partial charge in [-0.2, -0.15) is 13.2 Å². The van der Waals surface area contributed by atoms with Crippen molar-refractivity contribution in [3.63, 3.8) is 0 Å². The van der Waals surface area contributed by atoms with E-state index in [4.69, 9.17) is 9.47 Å². The molecule has 0 saturated carbocycles. The molecule has 0 radical (unpaired) electrons. The minimum Gasteiger partial charge on any atom is -0.496 e. The van der Waals surface area contributed by atoms with Crippen molar-refractivity contribution < 1.29 is 32.2 Å². The van der Waals surface area contributed by atoms with Crippen molar-refractivity contribution in [3.05, 3.63) is 23.8 Å². The number of amides is 3. The van der Waals surface area contributed by atoms with Gasteiger partial charge in [0.15, 0.2) is 0 Å². The van der Waals surface area contributed by atoms with Crippen LogP contribution < -0.4 is 9.64 Å². The second kappa shape index (κ2) is 9.73. The highest BCUT2D eigenvalue weighted by Crippen LogP contribution is 2.43. The number of anilines is 1. The SMILES string of the molecule is CCN1C(=O)N(c2ccc(C(F)(F)F)c(OC)c2)C(=O)[C@@]12CCCN(CC1CCOCC1)CC2. The molecule has 0 unspecified atom stereocenters. The number of likely N-dealkylation sites (N-methyl/N-ethyl adjacent to an activating group) is 1. The number of nitrogens with zero attached hydrogens (tertiary/aromatic N) is 3. The zero-order valence-corrected chi connectivity index (χ0v) is 19.7. The van der Waals surface area contributed by atoms with Gasteiger partial charge in [-0.15, -0.1) is 0 Å². The average molecular weight is 484 g/mol. The lowest BCUT2D eigenvalue weighted by molar-refractivity contribution is -0.138. The van der Waals surface area contributed by atoms with Crippen LogP contribution in [0, 0.1) is 5.92 Å². The summed E-state index contributed by atoms with van der Waals surface area (Å²) in [6, 6.07) is 2.66. The molecule has 34 heavy (non-hydrogen) atoms. The zero-order chi connectivity index (χ0) is 24.5. The van der Waals surface area contributed by atoms with Crippen LogP contribution in [0.3, 0.4) is 0 Å². The molecule has 0 aliphatic carbocycles. The van der Waals surface area contributed by atoms with E-state index in [-0.39, 0.29) is 11.6 Å². The van der Waals surface area contributed by atoms with Crippen LogP contribution in [-0.2, 0) is 15.7 Å². The quantitative estimate of drug-likeness (QED) is 0.589. The van der Waals surface area contributed by atoms with Gasteiger partial charge in [-0.3, -0.25) is 4.79 Å². The highest BCUT2D eigenvalue weighted by molar-refractivity contribution is 6.23. The molecule has 0 aromatic heterocycles. The molecule has 3 fully saturated rings. The van der Waals surface area contributed by atoms with E-state index in [0.29, 0.717) is 31.8 Å². The monoisotopic (exact) mass is 483 g/mol. The molecule has 3 saturated heterocycles. The number of likely N-dealkylation sites (tertiary alicyclic amines) is 1. The van der Waals surface area contributed by atoms with Gasteiger partial charge in [0.1, 0.15) is 11.3 Å². The molecule has 0 bridgehead atoms. The van der Waals surface area contributed by atoms with Gasteiger partial charge in [0.2, 0.25) is 0 Å². The Kier molecular flexibility index (Phi) is 7.09. The van der Waals surface area contributed by atoms with Gasteiger partial charge in [-0.1, -0.05) is 0 Å². The van der Waals surface area contributed by atoms with Gasteiger partial charge in [-0.25, -0.2) is 9.69 Å². The summed E-state index contributed by atoms with van der Waals surface area (Å²) >= 11 is 0. The number of methoxy groups -OCH3 is 1. The Morgan fingerprint density at radius 2 is 1.88 bits per heavy atom. The minimum absolute atomic E-state index is 0.0958. The third-order valence-electron chi connectivity index (χ3n) is 7.37. The van der Waals surface area contributed by atoms with Crippen LogP contribution in [0.2, 0.25) is 0 Å². The van der Waals surface area contributed by atoms with Crippen molar-refractivity contribution in [3.8, 4) is 5.75 Å². The number of carbonyl (C=O) groups is 2. The molecule has 0 N–H and O–H groups in total. The first-order valence-corrected chi connectivity index (χ1v) is 11.9. The maximum atomic E-state index is 13.8. The fourth-order valence-electron chi connectivity index (χ4n) is 5.57. The predicted molar refractivity (Wildman–Crippen MR) is 120 cm³/mol. The van der Waals surface area contributed by atoms with Crippen LogP contribution in [0.25, 0.3) is 0 Å². The first-order valence-electron chi connectivity index (χ1n) is 11.9. The number of ether oxygens (including phenoxy) is 2. The Balaban J connectivity index is 1.58. The predicted octanol–water partition coefficient (Wildman–Crippen LogP) is 4.15. The third-order valence-corrected chi connectivity index (χ3v) is 7.37. The number of urea groups is 1. The van der Waals surface area contributed by atoms with Crippen molar-refractivity contribution >= 4 is 17.6 Å². The van der Waals surface area contributed by atoms with Crippen LogP contribution in [0.15, 0.2) is 18.2 Å². The summed E-state index contributed by atoms with van der Waals surface area (Å²) in [5.74, 6) is -0.214. The van der Waals surface area contributed by atoms with E-state index in [1.807, 2.05) is 6.92 Å². The average Bonchev–Trinajstić information content (AvgIpc) is 2.93. The molecule has 1 atom stereocenters. The molecule has 3 amide bonds. The zero-order valence-electron chi connectivity index (χ0n) is 19.7. The van der Waals surface area contributed by atoms with E-state index in [1.165, 1.54) is 6.07 Å². The fraction of sp³-hybridized carbons (Fsp3) is 0.667. The van der Waals surface area contributed by atoms with Crippen molar-refractivity contribution in [1.82, 2.24) is 9.80 Å². The lowest BCUT2D eigenvalue weighted by Crippen LogP contribution is -2.50. The molecule has 1 aromatic rings. The Morgan fingerprint density at radius 1 is 1.15 bits per heavy atom. The van der Waals surface area contributed by atoms with Crippen LogP contribution in [0.4, 0.5) is 23.7 Å². The van der Waals surface area contributed by atoms with Gasteiger partial charge in [0, 0.05) is 38.9 Å². The molecule has 3 heterocycles. The highest BCUT2D eigenvalue weighted by atomic mass is 19.4. The van der Waals surface area contributed by atoms with Crippen molar-refractivity contribution in [2.75, 3.05) is 51.4 Å². The second-order valence-electron chi connectivity index (χ2n) is 9.29.